The highest BCUT2D eigenvalue weighted by Gasteiger charge is 2.09. The second-order valence-electron chi connectivity index (χ2n) is 1.62. The third-order valence-electron chi connectivity index (χ3n) is 1.02. The predicted molar refractivity (Wildman–Crippen MR) is 43.4 cm³/mol. The van der Waals surface area contributed by atoms with Gasteiger partial charge in [0.05, 0.1) is 12.7 Å². The third-order valence-corrected chi connectivity index (χ3v) is 2.72. The Morgan fingerprint density at radius 3 is 2.80 bits per heavy atom. The first-order valence-electron chi connectivity index (χ1n) is 2.55. The zero-order valence-electron chi connectivity index (χ0n) is 5.26. The number of hydrogen-bond donors (Lipinski definition) is 0. The summed E-state index contributed by atoms with van der Waals surface area (Å²) in [5, 5.41) is 3.59. The number of hydrogen-bond acceptors (Lipinski definition) is 3. The van der Waals surface area contributed by atoms with Crippen molar-refractivity contribution in [3.63, 3.8) is 0 Å². The van der Waals surface area contributed by atoms with Gasteiger partial charge in [-0.05, 0) is 15.9 Å². The van der Waals surface area contributed by atoms with E-state index in [2.05, 4.69) is 20.7 Å². The number of carbonyl (C=O) groups excluding carboxylic acids is 1. The number of ether oxygens (including phenoxy) is 1. The van der Waals surface area contributed by atoms with Crippen molar-refractivity contribution in [2.75, 3.05) is 7.11 Å². The van der Waals surface area contributed by atoms with Crippen molar-refractivity contribution in [3.8, 4) is 0 Å². The van der Waals surface area contributed by atoms with E-state index in [1.165, 1.54) is 18.4 Å². The fourth-order valence-electron chi connectivity index (χ4n) is 0.537. The van der Waals surface area contributed by atoms with Crippen LogP contribution in [-0.4, -0.2) is 13.1 Å². The number of methoxy groups -OCH3 is 1. The standard InChI is InChI=1S/C6H5BrO2S/c1-9-6(8)4-2-10-3-5(4)7/h2-3H,1H3. The average molecular weight is 221 g/mol. The Kier molecular flexibility index (Phi) is 2.45. The van der Waals surface area contributed by atoms with Crippen LogP contribution in [0, 0.1) is 0 Å². The van der Waals surface area contributed by atoms with Gasteiger partial charge in [0, 0.05) is 15.2 Å². The second kappa shape index (κ2) is 3.16. The summed E-state index contributed by atoms with van der Waals surface area (Å²) in [7, 11) is 1.37. The molecule has 0 unspecified atom stereocenters. The largest absolute Gasteiger partial charge is 0.465 e. The molecular formula is C6H5BrO2S. The molecule has 0 saturated carbocycles. The summed E-state index contributed by atoms with van der Waals surface area (Å²) in [6, 6.07) is 0. The van der Waals surface area contributed by atoms with Gasteiger partial charge in [-0.3, -0.25) is 0 Å². The Hall–Kier alpha value is -0.350. The van der Waals surface area contributed by atoms with E-state index in [9.17, 15) is 4.79 Å². The Morgan fingerprint density at radius 2 is 2.40 bits per heavy atom. The molecule has 1 rings (SSSR count). The van der Waals surface area contributed by atoms with Crippen molar-refractivity contribution in [3.05, 3.63) is 20.8 Å². The maximum atomic E-state index is 10.8. The normalized spacial score (nSPS) is 9.40. The molecule has 0 amide bonds. The second-order valence-corrected chi connectivity index (χ2v) is 3.22. The summed E-state index contributed by atoms with van der Waals surface area (Å²) in [6.45, 7) is 0. The van der Waals surface area contributed by atoms with Crippen LogP contribution in [0.2, 0.25) is 0 Å². The molecule has 0 saturated heterocycles. The molecule has 0 bridgehead atoms. The van der Waals surface area contributed by atoms with Crippen LogP contribution in [0.25, 0.3) is 0 Å². The summed E-state index contributed by atoms with van der Waals surface area (Å²) in [5.74, 6) is -0.298. The first kappa shape index (κ1) is 7.75. The summed E-state index contributed by atoms with van der Waals surface area (Å²) >= 11 is 4.68. The molecular weight excluding hydrogens is 216 g/mol. The van der Waals surface area contributed by atoms with Crippen molar-refractivity contribution in [2.45, 2.75) is 0 Å². The van der Waals surface area contributed by atoms with Gasteiger partial charge in [-0.1, -0.05) is 0 Å². The molecule has 0 radical (unpaired) electrons. The molecule has 2 nitrogen and oxygen atoms in total. The van der Waals surface area contributed by atoms with Crippen LogP contribution in [-0.2, 0) is 4.74 Å². The topological polar surface area (TPSA) is 26.3 Å². The molecule has 1 aromatic rings. The molecule has 1 aromatic heterocycles. The molecule has 0 aliphatic carbocycles. The van der Waals surface area contributed by atoms with Gasteiger partial charge in [-0.15, -0.1) is 0 Å². The maximum absolute atomic E-state index is 10.8. The van der Waals surface area contributed by atoms with Crippen LogP contribution in [0.4, 0.5) is 0 Å². The molecule has 0 aromatic carbocycles. The number of esters is 1. The molecule has 0 spiro atoms. The van der Waals surface area contributed by atoms with Crippen LogP contribution >= 0.6 is 27.3 Å². The minimum Gasteiger partial charge on any atom is -0.465 e. The molecule has 0 aliphatic heterocycles. The monoisotopic (exact) mass is 220 g/mol. The molecule has 10 heavy (non-hydrogen) atoms. The van der Waals surface area contributed by atoms with Gasteiger partial charge >= 0.3 is 5.97 Å². The third kappa shape index (κ3) is 1.38. The number of carbonyl (C=O) groups is 1. The van der Waals surface area contributed by atoms with E-state index in [1.807, 2.05) is 5.38 Å². The minimum atomic E-state index is -0.298. The van der Waals surface area contributed by atoms with E-state index in [4.69, 9.17) is 0 Å². The van der Waals surface area contributed by atoms with Crippen LogP contribution in [0.1, 0.15) is 10.4 Å². The van der Waals surface area contributed by atoms with Crippen molar-refractivity contribution in [1.29, 1.82) is 0 Å². The van der Waals surface area contributed by atoms with Gasteiger partial charge in [0.25, 0.3) is 0 Å². The van der Waals surface area contributed by atoms with Gasteiger partial charge < -0.3 is 4.74 Å². The highest BCUT2D eigenvalue weighted by molar-refractivity contribution is 9.10. The smallest absolute Gasteiger partial charge is 0.339 e. The Bertz CT molecular complexity index is 244. The van der Waals surface area contributed by atoms with Crippen LogP contribution < -0.4 is 0 Å². The molecule has 0 aliphatic rings. The lowest BCUT2D eigenvalue weighted by Gasteiger charge is -1.93. The van der Waals surface area contributed by atoms with Crippen molar-refractivity contribution in [2.24, 2.45) is 0 Å². The number of halogens is 1. The summed E-state index contributed by atoms with van der Waals surface area (Å²) in [5.41, 5.74) is 0.590. The molecule has 4 heteroatoms. The van der Waals surface area contributed by atoms with Crippen LogP contribution in [0.15, 0.2) is 15.2 Å². The van der Waals surface area contributed by atoms with Crippen molar-refractivity contribution in [1.82, 2.24) is 0 Å². The Labute approximate surface area is 70.9 Å². The van der Waals surface area contributed by atoms with Gasteiger partial charge in [0.15, 0.2) is 0 Å². The Morgan fingerprint density at radius 1 is 1.70 bits per heavy atom. The fraction of sp³-hybridized carbons (Fsp3) is 0.167. The quantitative estimate of drug-likeness (QED) is 0.680. The molecule has 0 fully saturated rings. The van der Waals surface area contributed by atoms with Gasteiger partial charge in [0.2, 0.25) is 0 Å². The van der Waals surface area contributed by atoms with E-state index in [0.29, 0.717) is 5.56 Å². The van der Waals surface area contributed by atoms with Crippen molar-refractivity contribution >= 4 is 33.2 Å². The zero-order valence-corrected chi connectivity index (χ0v) is 7.66. The molecule has 1 heterocycles. The number of thiophene rings is 1. The van der Waals surface area contributed by atoms with Crippen LogP contribution in [0.5, 0.6) is 0 Å². The van der Waals surface area contributed by atoms with Crippen molar-refractivity contribution < 1.29 is 9.53 Å². The highest BCUT2D eigenvalue weighted by Crippen LogP contribution is 2.21. The number of rotatable bonds is 1. The predicted octanol–water partition coefficient (Wildman–Crippen LogP) is 2.30. The molecule has 0 N–H and O–H groups in total. The van der Waals surface area contributed by atoms with E-state index in [1.54, 1.807) is 5.38 Å². The van der Waals surface area contributed by atoms with E-state index in [-0.39, 0.29) is 5.97 Å². The average Bonchev–Trinajstić information content (AvgIpc) is 2.34. The van der Waals surface area contributed by atoms with E-state index >= 15 is 0 Å². The lowest BCUT2D eigenvalue weighted by Crippen LogP contribution is -1.99. The maximum Gasteiger partial charge on any atom is 0.339 e. The first-order chi connectivity index (χ1) is 4.75. The van der Waals surface area contributed by atoms with Gasteiger partial charge in [-0.2, -0.15) is 11.3 Å². The van der Waals surface area contributed by atoms with Crippen LogP contribution in [0.3, 0.4) is 0 Å². The van der Waals surface area contributed by atoms with E-state index < -0.39 is 0 Å². The molecule has 0 atom stereocenters. The minimum absolute atomic E-state index is 0.298. The van der Waals surface area contributed by atoms with Gasteiger partial charge in [-0.25, -0.2) is 4.79 Å². The highest BCUT2D eigenvalue weighted by atomic mass is 79.9. The SMILES string of the molecule is COC(=O)c1cscc1Br. The molecule has 54 valence electrons. The Balaban J connectivity index is 2.93. The summed E-state index contributed by atoms with van der Waals surface area (Å²) < 4.78 is 5.31. The zero-order chi connectivity index (χ0) is 7.56. The van der Waals surface area contributed by atoms with E-state index in [0.717, 1.165) is 4.47 Å². The summed E-state index contributed by atoms with van der Waals surface area (Å²) in [4.78, 5) is 10.8. The fourth-order valence-corrected chi connectivity index (χ4v) is 1.96. The summed E-state index contributed by atoms with van der Waals surface area (Å²) in [6.07, 6.45) is 0. The lowest BCUT2D eigenvalue weighted by molar-refractivity contribution is 0.0600. The first-order valence-corrected chi connectivity index (χ1v) is 4.29. The van der Waals surface area contributed by atoms with Gasteiger partial charge in [0.1, 0.15) is 0 Å². The lowest BCUT2D eigenvalue weighted by atomic mass is 10.3.